The molecule has 0 atom stereocenters. The summed E-state index contributed by atoms with van der Waals surface area (Å²) in [6, 6.07) is 16.1. The van der Waals surface area contributed by atoms with Crippen molar-refractivity contribution in [3.8, 4) is 0 Å². The third-order valence-electron chi connectivity index (χ3n) is 3.56. The largest absolute Gasteiger partial charge is 0.326 e. The number of rotatable bonds is 1. The van der Waals surface area contributed by atoms with Gasteiger partial charge in [0.25, 0.3) is 0 Å². The molecule has 0 saturated heterocycles. The van der Waals surface area contributed by atoms with Gasteiger partial charge in [-0.15, -0.1) is 0 Å². The zero-order chi connectivity index (χ0) is 13.5. The Kier molecular flexibility index (Phi) is 2.63. The summed E-state index contributed by atoms with van der Waals surface area (Å²) in [7, 11) is 0. The van der Waals surface area contributed by atoms with Crippen molar-refractivity contribution in [3.63, 3.8) is 0 Å². The van der Waals surface area contributed by atoms with Crippen molar-refractivity contribution in [2.45, 2.75) is 6.42 Å². The van der Waals surface area contributed by atoms with Crippen molar-refractivity contribution in [3.05, 3.63) is 75.9 Å². The summed E-state index contributed by atoms with van der Waals surface area (Å²) in [5.74, 6) is 0. The minimum Gasteiger partial charge on any atom is -0.292 e. The number of benzene rings is 2. The summed E-state index contributed by atoms with van der Waals surface area (Å²) in [4.78, 5) is 12.3. The van der Waals surface area contributed by atoms with Gasteiger partial charge in [0, 0.05) is 6.54 Å². The van der Waals surface area contributed by atoms with Crippen LogP contribution in [0.5, 0.6) is 0 Å². The quantitative estimate of drug-likeness (QED) is 0.684. The van der Waals surface area contributed by atoms with E-state index in [9.17, 15) is 4.79 Å². The maximum atomic E-state index is 12.2. The van der Waals surface area contributed by atoms with Gasteiger partial charge in [0.2, 0.25) is 0 Å². The molecular formula is C16H12N2OS. The molecule has 1 aromatic heterocycles. The van der Waals surface area contributed by atoms with Gasteiger partial charge < -0.3 is 0 Å². The third kappa shape index (κ3) is 1.76. The number of hydrogen-bond donors (Lipinski definition) is 0. The fraction of sp³-hybridized carbons (Fsp3) is 0.125. The minimum absolute atomic E-state index is 0.0399. The molecule has 0 amide bonds. The number of nitrogens with zero attached hydrogens (tertiary/aromatic N) is 2. The van der Waals surface area contributed by atoms with Crippen LogP contribution >= 0.6 is 11.3 Å². The minimum atomic E-state index is 0.0399. The fourth-order valence-corrected chi connectivity index (χ4v) is 3.48. The van der Waals surface area contributed by atoms with Crippen molar-refractivity contribution in [2.75, 3.05) is 11.6 Å². The fourth-order valence-electron chi connectivity index (χ4n) is 2.60. The lowest BCUT2D eigenvalue weighted by atomic mass is 10.0. The Hall–Kier alpha value is -2.07. The molecule has 0 spiro atoms. The normalized spacial score (nSPS) is 14.5. The molecule has 3 nitrogen and oxygen atoms in total. The van der Waals surface area contributed by atoms with Gasteiger partial charge in [-0.3, -0.25) is 9.80 Å². The van der Waals surface area contributed by atoms with E-state index in [0.717, 1.165) is 28.7 Å². The maximum absolute atomic E-state index is 12.2. The van der Waals surface area contributed by atoms with Crippen molar-refractivity contribution in [1.29, 1.82) is 0 Å². The second-order valence-electron chi connectivity index (χ2n) is 4.79. The van der Waals surface area contributed by atoms with Crippen LogP contribution in [0.25, 0.3) is 10.2 Å². The van der Waals surface area contributed by atoms with Crippen LogP contribution in [-0.4, -0.2) is 11.2 Å². The first kappa shape index (κ1) is 11.7. The molecule has 2 aromatic carbocycles. The summed E-state index contributed by atoms with van der Waals surface area (Å²) in [5.41, 5.74) is 3.31. The van der Waals surface area contributed by atoms with Crippen LogP contribution < -0.4 is 9.88 Å². The van der Waals surface area contributed by atoms with E-state index in [1.54, 1.807) is 4.68 Å². The van der Waals surface area contributed by atoms with Crippen molar-refractivity contribution in [1.82, 2.24) is 4.68 Å². The Labute approximate surface area is 120 Å². The smallest absolute Gasteiger partial charge is 0.292 e. The predicted molar refractivity (Wildman–Crippen MR) is 81.7 cm³/mol. The van der Waals surface area contributed by atoms with E-state index in [1.807, 2.05) is 47.5 Å². The Morgan fingerprint density at radius 2 is 1.85 bits per heavy atom. The molecule has 0 unspecified atom stereocenters. The van der Waals surface area contributed by atoms with Crippen LogP contribution in [0.3, 0.4) is 0 Å². The lowest BCUT2D eigenvalue weighted by Gasteiger charge is -2.29. The highest BCUT2D eigenvalue weighted by Gasteiger charge is 2.20. The number of fused-ring (bicyclic) bond motifs is 2. The van der Waals surface area contributed by atoms with Crippen LogP contribution in [-0.2, 0) is 6.42 Å². The molecule has 2 heterocycles. The highest BCUT2D eigenvalue weighted by Crippen LogP contribution is 2.22. The van der Waals surface area contributed by atoms with Gasteiger partial charge in [-0.2, -0.15) is 0 Å². The number of para-hydroxylation sites is 1. The SMILES string of the molecule is O=c1sc2ccccc2n1N1[C]c2ccccc2CC1. The van der Waals surface area contributed by atoms with Gasteiger partial charge >= 0.3 is 4.87 Å². The number of hydrogen-bond acceptors (Lipinski definition) is 3. The van der Waals surface area contributed by atoms with Gasteiger partial charge in [0.15, 0.2) is 0 Å². The van der Waals surface area contributed by atoms with E-state index in [1.165, 1.54) is 16.9 Å². The summed E-state index contributed by atoms with van der Waals surface area (Å²) < 4.78 is 2.74. The Bertz CT molecular complexity index is 834. The van der Waals surface area contributed by atoms with E-state index in [-0.39, 0.29) is 4.87 Å². The van der Waals surface area contributed by atoms with Crippen LogP contribution in [0, 0.1) is 6.54 Å². The molecule has 20 heavy (non-hydrogen) atoms. The molecule has 98 valence electrons. The highest BCUT2D eigenvalue weighted by molar-refractivity contribution is 7.16. The van der Waals surface area contributed by atoms with Gasteiger partial charge in [-0.05, 0) is 29.7 Å². The van der Waals surface area contributed by atoms with Gasteiger partial charge in [-0.1, -0.05) is 47.7 Å². The molecule has 0 saturated carbocycles. The number of aromatic nitrogens is 1. The molecule has 1 aliphatic heterocycles. The first-order valence-corrected chi connectivity index (χ1v) is 7.37. The van der Waals surface area contributed by atoms with E-state index in [2.05, 4.69) is 12.6 Å². The van der Waals surface area contributed by atoms with Crippen molar-refractivity contribution >= 4 is 21.6 Å². The Balaban J connectivity index is 1.82. The molecule has 2 radical (unpaired) electrons. The van der Waals surface area contributed by atoms with Gasteiger partial charge in [0.1, 0.15) is 6.54 Å². The first-order valence-electron chi connectivity index (χ1n) is 6.56. The van der Waals surface area contributed by atoms with Crippen molar-refractivity contribution < 1.29 is 0 Å². The van der Waals surface area contributed by atoms with E-state index in [4.69, 9.17) is 0 Å². The summed E-state index contributed by atoms with van der Waals surface area (Å²) in [6.07, 6.45) is 0.930. The molecule has 4 rings (SSSR count). The Morgan fingerprint density at radius 3 is 2.80 bits per heavy atom. The number of thiazole rings is 1. The van der Waals surface area contributed by atoms with Crippen LogP contribution in [0.2, 0.25) is 0 Å². The molecular weight excluding hydrogens is 268 g/mol. The molecule has 0 bridgehead atoms. The molecule has 4 heteroatoms. The zero-order valence-electron chi connectivity index (χ0n) is 10.7. The average molecular weight is 280 g/mol. The lowest BCUT2D eigenvalue weighted by Crippen LogP contribution is -2.42. The van der Waals surface area contributed by atoms with Crippen LogP contribution in [0.4, 0.5) is 0 Å². The summed E-state index contributed by atoms with van der Waals surface area (Å²) in [5, 5.41) is 1.91. The lowest BCUT2D eigenvalue weighted by molar-refractivity contribution is 0.639. The second kappa shape index (κ2) is 4.49. The van der Waals surface area contributed by atoms with E-state index < -0.39 is 0 Å². The predicted octanol–water partition coefficient (Wildman–Crippen LogP) is 2.64. The van der Waals surface area contributed by atoms with Gasteiger partial charge in [-0.25, -0.2) is 4.68 Å². The van der Waals surface area contributed by atoms with Crippen LogP contribution in [0.15, 0.2) is 53.3 Å². The molecule has 0 N–H and O–H groups in total. The second-order valence-corrected chi connectivity index (χ2v) is 5.78. The molecule has 0 fully saturated rings. The summed E-state index contributed by atoms with van der Waals surface area (Å²) >= 11 is 1.28. The topological polar surface area (TPSA) is 25.2 Å². The molecule has 3 aromatic rings. The average Bonchev–Trinajstić information content (AvgIpc) is 2.82. The monoisotopic (exact) mass is 280 g/mol. The standard InChI is InChI=1S/C16H12N2OS/c19-16-18(14-7-3-4-8-15(14)20-16)17-10-9-12-5-1-2-6-13(12)11-17/h1-8H,9-10H2. The van der Waals surface area contributed by atoms with E-state index in [0.29, 0.717) is 0 Å². The molecule has 0 aliphatic carbocycles. The van der Waals surface area contributed by atoms with Gasteiger partial charge in [0.05, 0.1) is 10.2 Å². The maximum Gasteiger partial charge on any atom is 0.326 e. The zero-order valence-corrected chi connectivity index (χ0v) is 11.6. The van der Waals surface area contributed by atoms with Crippen LogP contribution in [0.1, 0.15) is 11.1 Å². The first-order chi connectivity index (χ1) is 9.83. The Morgan fingerprint density at radius 1 is 1.05 bits per heavy atom. The summed E-state index contributed by atoms with van der Waals surface area (Å²) in [6.45, 7) is 4.11. The highest BCUT2D eigenvalue weighted by atomic mass is 32.1. The van der Waals surface area contributed by atoms with Crippen molar-refractivity contribution in [2.24, 2.45) is 0 Å². The third-order valence-corrected chi connectivity index (χ3v) is 4.48. The van der Waals surface area contributed by atoms with E-state index >= 15 is 0 Å². The molecule has 1 aliphatic rings.